The molecule has 0 aliphatic rings. The highest BCUT2D eigenvalue weighted by atomic mass is 32.2. The smallest absolute Gasteiger partial charge is 0.244 e. The summed E-state index contributed by atoms with van der Waals surface area (Å²) in [4.78, 5) is 4.26. The van der Waals surface area contributed by atoms with Crippen LogP contribution in [0.2, 0.25) is 0 Å². The van der Waals surface area contributed by atoms with Crippen molar-refractivity contribution < 1.29 is 13.2 Å². The van der Waals surface area contributed by atoms with Gasteiger partial charge in [-0.3, -0.25) is 0 Å². The van der Waals surface area contributed by atoms with Gasteiger partial charge in [0.05, 0.1) is 6.61 Å². The summed E-state index contributed by atoms with van der Waals surface area (Å²) in [7, 11) is 1.19. The number of anilines is 1. The number of hydrogen-bond donors (Lipinski definition) is 1. The molecule has 0 aliphatic carbocycles. The summed E-state index contributed by atoms with van der Waals surface area (Å²) in [6.45, 7) is 2.51. The van der Waals surface area contributed by atoms with E-state index in [2.05, 4.69) is 10.3 Å². The van der Waals surface area contributed by atoms with E-state index in [9.17, 15) is 8.42 Å². The number of hydrogen-bond acceptors (Lipinski definition) is 5. The summed E-state index contributed by atoms with van der Waals surface area (Å²) in [6, 6.07) is 3.28. The van der Waals surface area contributed by atoms with Crippen LogP contribution in [0.4, 0.5) is 5.82 Å². The minimum atomic E-state index is -3.41. The number of pyridine rings is 1. The largest absolute Gasteiger partial charge is 0.383 e. The van der Waals surface area contributed by atoms with Gasteiger partial charge in [-0.1, -0.05) is 0 Å². The summed E-state index contributed by atoms with van der Waals surface area (Å²) >= 11 is 0. The van der Waals surface area contributed by atoms with Crippen LogP contribution in [0.5, 0.6) is 0 Å². The van der Waals surface area contributed by atoms with E-state index in [0.717, 1.165) is 4.31 Å². The van der Waals surface area contributed by atoms with E-state index in [4.69, 9.17) is 4.74 Å². The molecule has 0 aliphatic heterocycles. The molecule has 18 heavy (non-hydrogen) atoms. The fraction of sp³-hybridized carbons (Fsp3) is 0.545. The van der Waals surface area contributed by atoms with Crippen LogP contribution in [-0.4, -0.2) is 51.6 Å². The second-order valence-electron chi connectivity index (χ2n) is 4.17. The normalized spacial score (nSPS) is 13.6. The van der Waals surface area contributed by atoms with Crippen molar-refractivity contribution in [1.29, 1.82) is 0 Å². The summed E-state index contributed by atoms with van der Waals surface area (Å²) in [5, 5.41) is 3.11. The fourth-order valence-electron chi connectivity index (χ4n) is 1.37. The minimum absolute atomic E-state index is 0.110. The number of sulfonamides is 1. The molecular formula is C11H19N3O3S. The first-order chi connectivity index (χ1) is 8.37. The lowest BCUT2D eigenvalue weighted by atomic mass is 10.3. The van der Waals surface area contributed by atoms with Gasteiger partial charge in [-0.05, 0) is 19.1 Å². The Morgan fingerprint density at radius 1 is 1.44 bits per heavy atom. The summed E-state index contributed by atoms with van der Waals surface area (Å²) in [5.41, 5.74) is 0. The standard InChI is InChI=1S/C11H19N3O3S/c1-9(8-17-4)13-11-6-5-10(7-12-11)18(15,16)14(2)3/h5-7,9H,8H2,1-4H3,(H,12,13). The average Bonchev–Trinajstić information content (AvgIpc) is 2.29. The monoisotopic (exact) mass is 273 g/mol. The van der Waals surface area contributed by atoms with Crippen molar-refractivity contribution in [2.45, 2.75) is 17.9 Å². The Hall–Kier alpha value is -1.18. The first kappa shape index (κ1) is 14.9. The lowest BCUT2D eigenvalue weighted by Gasteiger charge is -2.14. The van der Waals surface area contributed by atoms with Gasteiger partial charge >= 0.3 is 0 Å². The molecule has 1 atom stereocenters. The van der Waals surface area contributed by atoms with Crippen molar-refractivity contribution in [3.8, 4) is 0 Å². The van der Waals surface area contributed by atoms with Gasteiger partial charge in [-0.15, -0.1) is 0 Å². The molecule has 0 saturated carbocycles. The van der Waals surface area contributed by atoms with Crippen molar-refractivity contribution >= 4 is 15.8 Å². The lowest BCUT2D eigenvalue weighted by Crippen LogP contribution is -2.23. The first-order valence-corrected chi connectivity index (χ1v) is 6.96. The Labute approximate surface area is 108 Å². The van der Waals surface area contributed by atoms with Crippen LogP contribution < -0.4 is 5.32 Å². The van der Waals surface area contributed by atoms with Gasteiger partial charge in [0.25, 0.3) is 0 Å². The van der Waals surface area contributed by atoms with Gasteiger partial charge in [0.2, 0.25) is 10.0 Å². The number of ether oxygens (including phenoxy) is 1. The summed E-state index contributed by atoms with van der Waals surface area (Å²) < 4.78 is 29.8. The molecule has 1 heterocycles. The molecule has 1 N–H and O–H groups in total. The second kappa shape index (κ2) is 6.12. The molecule has 0 radical (unpaired) electrons. The maximum absolute atomic E-state index is 11.8. The third-order valence-corrected chi connectivity index (χ3v) is 4.12. The maximum Gasteiger partial charge on any atom is 0.244 e. The van der Waals surface area contributed by atoms with Gasteiger partial charge in [-0.2, -0.15) is 0 Å². The Morgan fingerprint density at radius 3 is 2.56 bits per heavy atom. The molecule has 0 spiro atoms. The van der Waals surface area contributed by atoms with E-state index in [1.807, 2.05) is 6.92 Å². The molecule has 0 bridgehead atoms. The lowest BCUT2D eigenvalue weighted by molar-refractivity contribution is 0.190. The van der Waals surface area contributed by atoms with E-state index < -0.39 is 10.0 Å². The number of nitrogens with zero attached hydrogens (tertiary/aromatic N) is 2. The number of methoxy groups -OCH3 is 1. The molecule has 0 aromatic carbocycles. The Balaban J connectivity index is 2.81. The zero-order valence-corrected chi connectivity index (χ0v) is 11.9. The van der Waals surface area contributed by atoms with E-state index in [1.165, 1.54) is 26.4 Å². The number of rotatable bonds is 6. The van der Waals surface area contributed by atoms with Crippen LogP contribution in [-0.2, 0) is 14.8 Å². The topological polar surface area (TPSA) is 71.5 Å². The molecule has 0 saturated heterocycles. The molecule has 1 rings (SSSR count). The van der Waals surface area contributed by atoms with Crippen LogP contribution in [0.25, 0.3) is 0 Å². The zero-order chi connectivity index (χ0) is 13.8. The van der Waals surface area contributed by atoms with Crippen LogP contribution in [0, 0.1) is 0 Å². The average molecular weight is 273 g/mol. The second-order valence-corrected chi connectivity index (χ2v) is 6.32. The molecule has 102 valence electrons. The third-order valence-electron chi connectivity index (χ3n) is 2.33. The number of nitrogens with one attached hydrogen (secondary N) is 1. The van der Waals surface area contributed by atoms with Gasteiger partial charge in [0.15, 0.2) is 0 Å². The molecule has 1 aromatic heterocycles. The van der Waals surface area contributed by atoms with Gasteiger partial charge in [-0.25, -0.2) is 17.7 Å². The molecule has 0 amide bonds. The van der Waals surface area contributed by atoms with E-state index in [0.29, 0.717) is 12.4 Å². The van der Waals surface area contributed by atoms with Gasteiger partial charge in [0, 0.05) is 33.4 Å². The molecule has 1 unspecified atom stereocenters. The first-order valence-electron chi connectivity index (χ1n) is 5.52. The van der Waals surface area contributed by atoms with Crippen LogP contribution in [0.1, 0.15) is 6.92 Å². The van der Waals surface area contributed by atoms with E-state index in [1.54, 1.807) is 13.2 Å². The van der Waals surface area contributed by atoms with E-state index >= 15 is 0 Å². The SMILES string of the molecule is COCC(C)Nc1ccc(S(=O)(=O)N(C)C)cn1. The minimum Gasteiger partial charge on any atom is -0.383 e. The molecule has 1 aromatic rings. The zero-order valence-electron chi connectivity index (χ0n) is 11.0. The van der Waals surface area contributed by atoms with Crippen molar-refractivity contribution in [3.05, 3.63) is 18.3 Å². The molecular weight excluding hydrogens is 254 g/mol. The predicted octanol–water partition coefficient (Wildman–Crippen LogP) is 0.779. The van der Waals surface area contributed by atoms with Crippen molar-refractivity contribution in [2.75, 3.05) is 33.1 Å². The molecule has 0 fully saturated rings. The van der Waals surface area contributed by atoms with Gasteiger partial charge in [0.1, 0.15) is 10.7 Å². The third kappa shape index (κ3) is 3.66. The van der Waals surface area contributed by atoms with E-state index in [-0.39, 0.29) is 10.9 Å². The van der Waals surface area contributed by atoms with Crippen molar-refractivity contribution in [2.24, 2.45) is 0 Å². The molecule has 7 heteroatoms. The Kier molecular flexibility index (Phi) is 5.06. The Bertz CT molecular complexity index is 471. The Morgan fingerprint density at radius 2 is 2.11 bits per heavy atom. The van der Waals surface area contributed by atoms with Crippen molar-refractivity contribution in [1.82, 2.24) is 9.29 Å². The highest BCUT2D eigenvalue weighted by Crippen LogP contribution is 2.14. The maximum atomic E-state index is 11.8. The predicted molar refractivity (Wildman–Crippen MR) is 70.1 cm³/mol. The van der Waals surface area contributed by atoms with Crippen LogP contribution in [0.15, 0.2) is 23.2 Å². The molecule has 6 nitrogen and oxygen atoms in total. The number of aromatic nitrogens is 1. The highest BCUT2D eigenvalue weighted by molar-refractivity contribution is 7.89. The highest BCUT2D eigenvalue weighted by Gasteiger charge is 2.17. The fourth-order valence-corrected chi connectivity index (χ4v) is 2.22. The quantitative estimate of drug-likeness (QED) is 0.829. The van der Waals surface area contributed by atoms with Crippen LogP contribution in [0.3, 0.4) is 0 Å². The van der Waals surface area contributed by atoms with Crippen molar-refractivity contribution in [3.63, 3.8) is 0 Å². The van der Waals surface area contributed by atoms with Gasteiger partial charge < -0.3 is 10.1 Å². The van der Waals surface area contributed by atoms with Crippen LogP contribution >= 0.6 is 0 Å². The summed E-state index contributed by atoms with van der Waals surface area (Å²) in [5.74, 6) is 0.622. The summed E-state index contributed by atoms with van der Waals surface area (Å²) in [6.07, 6.45) is 1.34.